The van der Waals surface area contributed by atoms with Crippen LogP contribution in [-0.2, 0) is 4.79 Å². The van der Waals surface area contributed by atoms with Crippen molar-refractivity contribution in [1.82, 2.24) is 10.3 Å². The molecule has 1 amide bonds. The van der Waals surface area contributed by atoms with E-state index in [0.717, 1.165) is 26.9 Å². The number of nitrogens with zero attached hydrogens (tertiary/aromatic N) is 1. The van der Waals surface area contributed by atoms with Gasteiger partial charge in [-0.3, -0.25) is 10.1 Å². The lowest BCUT2D eigenvalue weighted by molar-refractivity contribution is -0.121. The lowest BCUT2D eigenvalue weighted by atomic mass is 10.1. The number of hydrogen-bond acceptors (Lipinski definition) is 7. The molecule has 3 rings (SSSR count). The molecule has 32 heavy (non-hydrogen) atoms. The number of ether oxygens (including phenoxy) is 3. The second kappa shape index (κ2) is 10.8. The summed E-state index contributed by atoms with van der Waals surface area (Å²) >= 11 is 10.1. The minimum Gasteiger partial charge on any atom is -0.493 e. The molecule has 10 heteroatoms. The van der Waals surface area contributed by atoms with Crippen LogP contribution in [0.25, 0.3) is 11.3 Å². The third-order valence-corrected chi connectivity index (χ3v) is 5.93. The monoisotopic (exact) mass is 535 g/mol. The number of aromatic nitrogens is 1. The first-order chi connectivity index (χ1) is 15.3. The summed E-state index contributed by atoms with van der Waals surface area (Å²) in [4.78, 5) is 16.8. The molecule has 2 aromatic carbocycles. The van der Waals surface area contributed by atoms with Crippen LogP contribution >= 0.6 is 39.5 Å². The molecule has 0 radical (unpaired) electrons. The number of hydrogen-bond donors (Lipinski definition) is 2. The topological polar surface area (TPSA) is 81.7 Å². The van der Waals surface area contributed by atoms with Crippen molar-refractivity contribution in [1.29, 1.82) is 0 Å². The van der Waals surface area contributed by atoms with Gasteiger partial charge in [-0.05, 0) is 77.4 Å². The number of methoxy groups -OCH3 is 2. The van der Waals surface area contributed by atoms with E-state index in [9.17, 15) is 4.79 Å². The average molecular weight is 536 g/mol. The van der Waals surface area contributed by atoms with Crippen LogP contribution in [0.2, 0.25) is 0 Å². The van der Waals surface area contributed by atoms with Gasteiger partial charge in [0.2, 0.25) is 0 Å². The fourth-order valence-electron chi connectivity index (χ4n) is 2.97. The van der Waals surface area contributed by atoms with E-state index in [1.165, 1.54) is 11.3 Å². The average Bonchev–Trinajstić information content (AvgIpc) is 3.20. The summed E-state index contributed by atoms with van der Waals surface area (Å²) in [5.41, 5.74) is 3.66. The highest BCUT2D eigenvalue weighted by Crippen LogP contribution is 2.33. The Balaban J connectivity index is 1.57. The number of rotatable bonds is 7. The Bertz CT molecular complexity index is 1130. The molecule has 0 aliphatic rings. The fraction of sp³-hybridized carbons (Fsp3) is 0.227. The molecule has 0 saturated heterocycles. The van der Waals surface area contributed by atoms with Crippen molar-refractivity contribution in [2.24, 2.45) is 0 Å². The summed E-state index contributed by atoms with van der Waals surface area (Å²) in [5, 5.41) is 8.11. The minimum absolute atomic E-state index is 0.145. The van der Waals surface area contributed by atoms with E-state index >= 15 is 0 Å². The second-order valence-electron chi connectivity index (χ2n) is 6.79. The Labute approximate surface area is 204 Å². The summed E-state index contributed by atoms with van der Waals surface area (Å²) in [6, 6.07) is 9.48. The van der Waals surface area contributed by atoms with Gasteiger partial charge in [-0.15, -0.1) is 11.3 Å². The number of aryl methyl sites for hydroxylation is 2. The largest absolute Gasteiger partial charge is 0.493 e. The van der Waals surface area contributed by atoms with Crippen LogP contribution in [-0.4, -0.2) is 36.8 Å². The van der Waals surface area contributed by atoms with Crippen molar-refractivity contribution in [2.45, 2.75) is 13.8 Å². The molecule has 2 N–H and O–H groups in total. The quantitative estimate of drug-likeness (QED) is 0.407. The van der Waals surface area contributed by atoms with Gasteiger partial charge < -0.3 is 19.5 Å². The van der Waals surface area contributed by atoms with E-state index in [-0.39, 0.29) is 17.6 Å². The normalized spacial score (nSPS) is 10.4. The molecule has 1 aromatic heterocycles. The molecule has 0 aliphatic carbocycles. The summed E-state index contributed by atoms with van der Waals surface area (Å²) in [6.07, 6.45) is 0. The lowest BCUT2D eigenvalue weighted by Crippen LogP contribution is -2.37. The van der Waals surface area contributed by atoms with Crippen LogP contribution < -0.4 is 24.8 Å². The summed E-state index contributed by atoms with van der Waals surface area (Å²) in [7, 11) is 3.17. The Hall–Kier alpha value is -2.69. The second-order valence-corrected chi connectivity index (χ2v) is 8.91. The van der Waals surface area contributed by atoms with Crippen LogP contribution in [0.5, 0.6) is 17.2 Å². The molecule has 3 aromatic rings. The first-order valence-corrected chi connectivity index (χ1v) is 11.6. The number of carbonyl (C=O) groups is 1. The predicted molar refractivity (Wildman–Crippen MR) is 134 cm³/mol. The van der Waals surface area contributed by atoms with Crippen LogP contribution in [0.1, 0.15) is 11.1 Å². The molecular weight excluding hydrogens is 514 g/mol. The Morgan fingerprint density at radius 3 is 2.59 bits per heavy atom. The van der Waals surface area contributed by atoms with Gasteiger partial charge in [0, 0.05) is 10.9 Å². The molecule has 0 saturated carbocycles. The standard InChI is InChI=1S/C22H22BrN3O4S2/c1-12-7-13(2)20(15(23)8-12)30-10-19(27)25-21(31)26-22-24-16(11-32-22)14-5-6-17(28-3)18(9-14)29-4/h5-9,11H,10H2,1-4H3,(H2,24,25,26,27,31). The van der Waals surface area contributed by atoms with Gasteiger partial charge in [-0.25, -0.2) is 4.98 Å². The van der Waals surface area contributed by atoms with Crippen molar-refractivity contribution in [3.63, 3.8) is 0 Å². The van der Waals surface area contributed by atoms with Gasteiger partial charge in [0.25, 0.3) is 5.91 Å². The number of nitrogens with one attached hydrogen (secondary N) is 2. The van der Waals surface area contributed by atoms with Crippen molar-refractivity contribution >= 4 is 55.6 Å². The van der Waals surface area contributed by atoms with E-state index in [0.29, 0.717) is 22.4 Å². The summed E-state index contributed by atoms with van der Waals surface area (Å²) in [6.45, 7) is 3.75. The van der Waals surface area contributed by atoms with Gasteiger partial charge in [-0.2, -0.15) is 0 Å². The summed E-state index contributed by atoms with van der Waals surface area (Å²) in [5.74, 6) is 1.52. The van der Waals surface area contributed by atoms with Crippen molar-refractivity contribution in [2.75, 3.05) is 26.1 Å². The first-order valence-electron chi connectivity index (χ1n) is 9.49. The highest BCUT2D eigenvalue weighted by atomic mass is 79.9. The van der Waals surface area contributed by atoms with Crippen molar-refractivity contribution < 1.29 is 19.0 Å². The van der Waals surface area contributed by atoms with Crippen LogP contribution in [0.4, 0.5) is 5.13 Å². The minimum atomic E-state index is -0.369. The molecule has 7 nitrogen and oxygen atoms in total. The first kappa shape index (κ1) is 24.0. The summed E-state index contributed by atoms with van der Waals surface area (Å²) < 4.78 is 17.1. The molecule has 0 atom stereocenters. The maximum atomic E-state index is 12.2. The highest BCUT2D eigenvalue weighted by molar-refractivity contribution is 9.10. The molecule has 0 aliphatic heterocycles. The Kier molecular flexibility index (Phi) is 8.05. The SMILES string of the molecule is COc1ccc(-c2csc(NC(=S)NC(=O)COc3c(C)cc(C)cc3Br)n2)cc1OC. The van der Waals surface area contributed by atoms with Crippen molar-refractivity contribution in [3.05, 3.63) is 51.3 Å². The zero-order chi connectivity index (χ0) is 23.3. The lowest BCUT2D eigenvalue weighted by Gasteiger charge is -2.12. The highest BCUT2D eigenvalue weighted by Gasteiger charge is 2.13. The van der Waals surface area contributed by atoms with Crippen LogP contribution in [0, 0.1) is 13.8 Å². The number of carbonyl (C=O) groups excluding carboxylic acids is 1. The maximum absolute atomic E-state index is 12.2. The zero-order valence-corrected chi connectivity index (χ0v) is 21.2. The molecule has 1 heterocycles. The molecular formula is C22H22BrN3O4S2. The number of benzene rings is 2. The van der Waals surface area contributed by atoms with Gasteiger partial charge in [0.15, 0.2) is 28.3 Å². The smallest absolute Gasteiger partial charge is 0.264 e. The molecule has 0 spiro atoms. The van der Waals surface area contributed by atoms with E-state index in [4.69, 9.17) is 26.4 Å². The molecule has 0 fully saturated rings. The maximum Gasteiger partial charge on any atom is 0.264 e. The fourth-order valence-corrected chi connectivity index (χ4v) is 4.76. The number of thiocarbonyl (C=S) groups is 1. The zero-order valence-electron chi connectivity index (χ0n) is 17.9. The van der Waals surface area contributed by atoms with Crippen LogP contribution in [0.15, 0.2) is 40.2 Å². The number of halogens is 1. The van der Waals surface area contributed by atoms with E-state index in [2.05, 4.69) is 31.5 Å². The third kappa shape index (κ3) is 5.96. The van der Waals surface area contributed by atoms with Gasteiger partial charge in [0.05, 0.1) is 24.4 Å². The van der Waals surface area contributed by atoms with Crippen molar-refractivity contribution in [3.8, 4) is 28.5 Å². The van der Waals surface area contributed by atoms with E-state index in [1.807, 2.05) is 49.6 Å². The van der Waals surface area contributed by atoms with E-state index in [1.54, 1.807) is 14.2 Å². The number of thiazole rings is 1. The Morgan fingerprint density at radius 2 is 1.91 bits per heavy atom. The van der Waals surface area contributed by atoms with Gasteiger partial charge in [-0.1, -0.05) is 6.07 Å². The number of amides is 1. The van der Waals surface area contributed by atoms with Gasteiger partial charge >= 0.3 is 0 Å². The van der Waals surface area contributed by atoms with Gasteiger partial charge in [0.1, 0.15) is 5.75 Å². The van der Waals surface area contributed by atoms with Crippen LogP contribution in [0.3, 0.4) is 0 Å². The third-order valence-electron chi connectivity index (χ3n) is 4.38. The Morgan fingerprint density at radius 1 is 1.16 bits per heavy atom. The molecule has 168 valence electrons. The predicted octanol–water partition coefficient (Wildman–Crippen LogP) is 5.10. The number of anilines is 1. The molecule has 0 bridgehead atoms. The molecule has 0 unspecified atom stereocenters. The van der Waals surface area contributed by atoms with E-state index < -0.39 is 0 Å².